The maximum atomic E-state index is 13.3. The molecular formula is C24H35N5O5. The standard InChI is InChI=1S/C24H35N5O5/c1-23(22(32)25-17-7-5-3-4-6-8-17)16-29-19(21(31)27(23)2)15-18(26-29)20(30)28-11-9-24(10-12-28)33-13-14-34-24/h15,17H,3-14,16H2,1-2H3,(H,25,32). The molecule has 1 aromatic heterocycles. The third-order valence-corrected chi connectivity index (χ3v) is 8.03. The first kappa shape index (κ1) is 23.3. The first-order valence-corrected chi connectivity index (χ1v) is 12.6. The van der Waals surface area contributed by atoms with E-state index < -0.39 is 11.3 Å². The van der Waals surface area contributed by atoms with Gasteiger partial charge in [-0.15, -0.1) is 0 Å². The number of carbonyl (C=O) groups is 3. The second-order valence-corrected chi connectivity index (χ2v) is 10.3. The molecule has 5 rings (SSSR count). The summed E-state index contributed by atoms with van der Waals surface area (Å²) >= 11 is 0. The Morgan fingerprint density at radius 2 is 1.74 bits per heavy atom. The molecule has 0 bridgehead atoms. The highest BCUT2D eigenvalue weighted by molar-refractivity contribution is 6.01. The van der Waals surface area contributed by atoms with Gasteiger partial charge in [0.05, 0.1) is 19.8 Å². The minimum absolute atomic E-state index is 0.140. The number of likely N-dealkylation sites (N-methyl/N-ethyl adjacent to an activating group) is 1. The summed E-state index contributed by atoms with van der Waals surface area (Å²) in [6, 6.07) is 1.69. The second kappa shape index (κ2) is 8.96. The molecule has 4 aliphatic rings. The summed E-state index contributed by atoms with van der Waals surface area (Å²) in [4.78, 5) is 42.9. The van der Waals surface area contributed by atoms with Crippen LogP contribution in [0.1, 0.15) is 79.3 Å². The topological polar surface area (TPSA) is 106 Å². The third kappa shape index (κ3) is 4.11. The number of carbonyl (C=O) groups excluding carboxylic acids is 3. The van der Waals surface area contributed by atoms with E-state index in [1.54, 1.807) is 24.9 Å². The number of piperidine rings is 1. The molecule has 1 atom stereocenters. The van der Waals surface area contributed by atoms with Crippen LogP contribution in [0.25, 0.3) is 0 Å². The molecule has 10 heteroatoms. The van der Waals surface area contributed by atoms with E-state index in [1.165, 1.54) is 22.4 Å². The van der Waals surface area contributed by atoms with Crippen molar-refractivity contribution < 1.29 is 23.9 Å². The fourth-order valence-electron chi connectivity index (χ4n) is 5.59. The van der Waals surface area contributed by atoms with Crippen LogP contribution >= 0.6 is 0 Å². The first-order chi connectivity index (χ1) is 16.3. The lowest BCUT2D eigenvalue weighted by molar-refractivity contribution is -0.181. The fraction of sp³-hybridized carbons (Fsp3) is 0.750. The molecular weight excluding hydrogens is 438 g/mol. The van der Waals surface area contributed by atoms with Crippen LogP contribution in [0, 0.1) is 0 Å². The van der Waals surface area contributed by atoms with Gasteiger partial charge in [-0.25, -0.2) is 0 Å². The van der Waals surface area contributed by atoms with Crippen LogP contribution in [-0.4, -0.2) is 88.0 Å². The van der Waals surface area contributed by atoms with E-state index in [0.717, 1.165) is 25.7 Å². The van der Waals surface area contributed by atoms with Crippen molar-refractivity contribution in [1.82, 2.24) is 24.9 Å². The zero-order chi connectivity index (χ0) is 23.9. The van der Waals surface area contributed by atoms with Gasteiger partial charge in [-0.2, -0.15) is 5.10 Å². The summed E-state index contributed by atoms with van der Waals surface area (Å²) in [5.74, 6) is -1.24. The van der Waals surface area contributed by atoms with Crippen LogP contribution < -0.4 is 5.32 Å². The van der Waals surface area contributed by atoms with Gasteiger partial charge in [0.2, 0.25) is 5.91 Å². The number of nitrogens with one attached hydrogen (secondary N) is 1. The van der Waals surface area contributed by atoms with E-state index in [-0.39, 0.29) is 36.0 Å². The van der Waals surface area contributed by atoms with E-state index in [4.69, 9.17) is 9.47 Å². The highest BCUT2D eigenvalue weighted by Crippen LogP contribution is 2.32. The highest BCUT2D eigenvalue weighted by atomic mass is 16.7. The molecule has 4 heterocycles. The van der Waals surface area contributed by atoms with Crippen LogP contribution in [0.3, 0.4) is 0 Å². The van der Waals surface area contributed by atoms with Gasteiger partial charge in [-0.05, 0) is 19.8 Å². The Kier molecular flexibility index (Phi) is 6.14. The molecule has 1 saturated carbocycles. The molecule has 10 nitrogen and oxygen atoms in total. The van der Waals surface area contributed by atoms with Crippen LogP contribution in [0.5, 0.6) is 0 Å². The molecule has 3 fully saturated rings. The molecule has 34 heavy (non-hydrogen) atoms. The van der Waals surface area contributed by atoms with E-state index in [0.29, 0.717) is 44.8 Å². The van der Waals surface area contributed by atoms with Gasteiger partial charge in [0.25, 0.3) is 11.8 Å². The summed E-state index contributed by atoms with van der Waals surface area (Å²) < 4.78 is 13.0. The smallest absolute Gasteiger partial charge is 0.274 e. The van der Waals surface area contributed by atoms with Gasteiger partial charge in [0.1, 0.15) is 11.2 Å². The Morgan fingerprint density at radius 3 is 2.38 bits per heavy atom. The lowest BCUT2D eigenvalue weighted by Gasteiger charge is -2.41. The number of fused-ring (bicyclic) bond motifs is 1. The number of amides is 3. The Bertz CT molecular complexity index is 953. The Balaban J connectivity index is 1.29. The van der Waals surface area contributed by atoms with Crippen molar-refractivity contribution in [3.63, 3.8) is 0 Å². The summed E-state index contributed by atoms with van der Waals surface area (Å²) in [6.45, 7) is 4.18. The lowest BCUT2D eigenvalue weighted by atomic mass is 9.95. The minimum atomic E-state index is -1.07. The molecule has 1 spiro atoms. The van der Waals surface area contributed by atoms with E-state index in [2.05, 4.69) is 10.4 Å². The van der Waals surface area contributed by atoms with Crippen LogP contribution in [0.15, 0.2) is 6.07 Å². The van der Waals surface area contributed by atoms with Crippen molar-refractivity contribution in [2.24, 2.45) is 0 Å². The maximum absolute atomic E-state index is 13.3. The molecule has 3 aliphatic heterocycles. The van der Waals surface area contributed by atoms with Crippen molar-refractivity contribution in [3.05, 3.63) is 17.5 Å². The van der Waals surface area contributed by atoms with E-state index in [9.17, 15) is 14.4 Å². The summed E-state index contributed by atoms with van der Waals surface area (Å²) in [7, 11) is 1.65. The van der Waals surface area contributed by atoms with Crippen molar-refractivity contribution in [2.45, 2.75) is 82.2 Å². The van der Waals surface area contributed by atoms with Gasteiger partial charge in [0.15, 0.2) is 11.5 Å². The SMILES string of the molecule is CN1C(=O)c2cc(C(=O)N3CCC4(CC3)OCCO4)nn2CC1(C)C(=O)NC1CCCCCC1. The zero-order valence-corrected chi connectivity index (χ0v) is 20.2. The zero-order valence-electron chi connectivity index (χ0n) is 20.2. The predicted molar refractivity (Wildman–Crippen MR) is 122 cm³/mol. The van der Waals surface area contributed by atoms with Gasteiger partial charge in [0, 0.05) is 45.1 Å². The Hall–Kier alpha value is -2.46. The first-order valence-electron chi connectivity index (χ1n) is 12.6. The number of hydrogen-bond acceptors (Lipinski definition) is 6. The molecule has 2 saturated heterocycles. The predicted octanol–water partition coefficient (Wildman–Crippen LogP) is 1.55. The highest BCUT2D eigenvalue weighted by Gasteiger charge is 2.47. The van der Waals surface area contributed by atoms with Crippen molar-refractivity contribution >= 4 is 17.7 Å². The molecule has 186 valence electrons. The summed E-state index contributed by atoms with van der Waals surface area (Å²) in [5.41, 5.74) is -0.506. The van der Waals surface area contributed by atoms with Crippen molar-refractivity contribution in [3.8, 4) is 0 Å². The molecule has 3 amide bonds. The molecule has 0 aromatic carbocycles. The number of hydrogen-bond donors (Lipinski definition) is 1. The summed E-state index contributed by atoms with van der Waals surface area (Å²) in [6.07, 6.45) is 7.81. The second-order valence-electron chi connectivity index (χ2n) is 10.3. The van der Waals surface area contributed by atoms with E-state index in [1.807, 2.05) is 0 Å². The van der Waals surface area contributed by atoms with Crippen LogP contribution in [0.2, 0.25) is 0 Å². The monoisotopic (exact) mass is 473 g/mol. The average Bonchev–Trinajstić information content (AvgIpc) is 3.38. The summed E-state index contributed by atoms with van der Waals surface area (Å²) in [5, 5.41) is 7.66. The fourth-order valence-corrected chi connectivity index (χ4v) is 5.59. The van der Waals surface area contributed by atoms with Gasteiger partial charge in [-0.3, -0.25) is 19.1 Å². The number of nitrogens with zero attached hydrogens (tertiary/aromatic N) is 4. The largest absolute Gasteiger partial charge is 0.351 e. The maximum Gasteiger partial charge on any atom is 0.274 e. The molecule has 1 aromatic rings. The number of ether oxygens (including phenoxy) is 2. The van der Waals surface area contributed by atoms with Crippen molar-refractivity contribution in [1.29, 1.82) is 0 Å². The molecule has 0 radical (unpaired) electrons. The molecule has 1 N–H and O–H groups in total. The number of rotatable bonds is 3. The van der Waals surface area contributed by atoms with E-state index >= 15 is 0 Å². The third-order valence-electron chi connectivity index (χ3n) is 8.03. The van der Waals surface area contributed by atoms with Gasteiger partial charge in [-0.1, -0.05) is 25.7 Å². The number of aromatic nitrogens is 2. The number of likely N-dealkylation sites (tertiary alicyclic amines) is 1. The van der Waals surface area contributed by atoms with Crippen molar-refractivity contribution in [2.75, 3.05) is 33.4 Å². The van der Waals surface area contributed by atoms with Crippen LogP contribution in [-0.2, 0) is 20.8 Å². The Labute approximate surface area is 199 Å². The lowest BCUT2D eigenvalue weighted by Crippen LogP contribution is -2.63. The quantitative estimate of drug-likeness (QED) is 0.668. The normalized spacial score (nSPS) is 27.5. The molecule has 1 unspecified atom stereocenters. The average molecular weight is 474 g/mol. The molecule has 1 aliphatic carbocycles. The Morgan fingerprint density at radius 1 is 1.09 bits per heavy atom. The van der Waals surface area contributed by atoms with Crippen LogP contribution in [0.4, 0.5) is 0 Å². The minimum Gasteiger partial charge on any atom is -0.351 e. The van der Waals surface area contributed by atoms with Gasteiger partial charge < -0.3 is 24.6 Å². The van der Waals surface area contributed by atoms with Gasteiger partial charge >= 0.3 is 0 Å².